The summed E-state index contributed by atoms with van der Waals surface area (Å²) in [6.45, 7) is 1.81. The Morgan fingerprint density at radius 3 is 3.11 bits per heavy atom. The maximum Gasteiger partial charge on any atom is 0.169 e. The third-order valence-electron chi connectivity index (χ3n) is 3.55. The fraction of sp³-hybridized carbons (Fsp3) is 0.333. The normalized spacial score (nSPS) is 14.2. The lowest BCUT2D eigenvalue weighted by molar-refractivity contribution is 0.0990. The molecule has 2 aromatic rings. The minimum absolute atomic E-state index is 0.164. The van der Waals surface area contributed by atoms with E-state index in [0.29, 0.717) is 6.42 Å². The highest BCUT2D eigenvalue weighted by Gasteiger charge is 2.17. The number of ketones is 1. The van der Waals surface area contributed by atoms with Crippen LogP contribution < -0.4 is 5.32 Å². The van der Waals surface area contributed by atoms with Crippen molar-refractivity contribution in [3.05, 3.63) is 52.8 Å². The number of nitrogens with one attached hydrogen (secondary N) is 1. The first kappa shape index (κ1) is 12.1. The van der Waals surface area contributed by atoms with Crippen LogP contribution >= 0.6 is 0 Å². The number of carbonyl (C=O) groups excluding carboxylic acids is 1. The van der Waals surface area contributed by atoms with E-state index in [9.17, 15) is 4.79 Å². The quantitative estimate of drug-likeness (QED) is 0.845. The smallest absolute Gasteiger partial charge is 0.169 e. The van der Waals surface area contributed by atoms with Gasteiger partial charge in [-0.2, -0.15) is 5.10 Å². The summed E-state index contributed by atoms with van der Waals surface area (Å²) in [5.41, 5.74) is 4.16. The lowest BCUT2D eigenvalue weighted by Gasteiger charge is -2.19. The van der Waals surface area contributed by atoms with Gasteiger partial charge in [0.15, 0.2) is 5.78 Å². The summed E-state index contributed by atoms with van der Waals surface area (Å²) in [6.07, 6.45) is 3.18. The second-order valence-electron chi connectivity index (χ2n) is 4.95. The van der Waals surface area contributed by atoms with E-state index < -0.39 is 0 Å². The van der Waals surface area contributed by atoms with E-state index in [1.165, 1.54) is 11.1 Å². The van der Waals surface area contributed by atoms with Crippen LogP contribution in [0.25, 0.3) is 0 Å². The number of rotatable bonds is 3. The number of hydrogen-bond acceptors (Lipinski definition) is 3. The number of nitrogens with zero attached hydrogens (tertiary/aromatic N) is 2. The molecule has 1 aromatic heterocycles. The second kappa shape index (κ2) is 4.97. The molecule has 3 rings (SSSR count). The van der Waals surface area contributed by atoms with Gasteiger partial charge < -0.3 is 5.32 Å². The van der Waals surface area contributed by atoms with Gasteiger partial charge in [-0.3, -0.25) is 9.48 Å². The van der Waals surface area contributed by atoms with Crippen LogP contribution in [0.3, 0.4) is 0 Å². The van der Waals surface area contributed by atoms with Crippen LogP contribution in [-0.2, 0) is 26.4 Å². The van der Waals surface area contributed by atoms with Crippen LogP contribution in [-0.4, -0.2) is 22.1 Å². The third-order valence-corrected chi connectivity index (χ3v) is 3.55. The van der Waals surface area contributed by atoms with Crippen LogP contribution in [0.1, 0.15) is 27.2 Å². The van der Waals surface area contributed by atoms with Gasteiger partial charge in [0.05, 0.1) is 12.1 Å². The largest absolute Gasteiger partial charge is 0.312 e. The molecule has 2 heterocycles. The number of benzene rings is 1. The molecule has 0 radical (unpaired) electrons. The maximum atomic E-state index is 12.4. The van der Waals surface area contributed by atoms with Gasteiger partial charge in [-0.1, -0.05) is 18.2 Å². The lowest BCUT2D eigenvalue weighted by atomic mass is 9.92. The molecule has 19 heavy (non-hydrogen) atoms. The molecular weight excluding hydrogens is 238 g/mol. The Balaban J connectivity index is 1.87. The van der Waals surface area contributed by atoms with Crippen LogP contribution in [0.5, 0.6) is 0 Å². The molecule has 1 N–H and O–H groups in total. The topological polar surface area (TPSA) is 46.9 Å². The molecule has 0 fully saturated rings. The molecule has 4 heteroatoms. The molecule has 0 atom stereocenters. The SMILES string of the molecule is Cn1ccc(CC(=O)c2cccc3c2CCNC3)n1. The van der Waals surface area contributed by atoms with E-state index >= 15 is 0 Å². The minimum Gasteiger partial charge on any atom is -0.312 e. The summed E-state index contributed by atoms with van der Waals surface area (Å²) in [7, 11) is 1.87. The van der Waals surface area contributed by atoms with Crippen molar-refractivity contribution in [3.8, 4) is 0 Å². The van der Waals surface area contributed by atoms with Crippen molar-refractivity contribution in [3.63, 3.8) is 0 Å². The molecule has 0 bridgehead atoms. The summed E-state index contributed by atoms with van der Waals surface area (Å²) in [5.74, 6) is 0.164. The highest BCUT2D eigenvalue weighted by molar-refractivity contribution is 5.99. The average molecular weight is 255 g/mol. The van der Waals surface area contributed by atoms with Crippen molar-refractivity contribution in [1.29, 1.82) is 0 Å². The van der Waals surface area contributed by atoms with Crippen molar-refractivity contribution in [1.82, 2.24) is 15.1 Å². The molecule has 0 spiro atoms. The molecule has 98 valence electrons. The molecule has 4 nitrogen and oxygen atoms in total. The number of aromatic nitrogens is 2. The third kappa shape index (κ3) is 2.44. The summed E-state index contributed by atoms with van der Waals surface area (Å²) in [6, 6.07) is 7.90. The van der Waals surface area contributed by atoms with Gasteiger partial charge >= 0.3 is 0 Å². The first-order valence-corrected chi connectivity index (χ1v) is 6.57. The Labute approximate surface area is 112 Å². The van der Waals surface area contributed by atoms with E-state index in [2.05, 4.69) is 16.5 Å². The second-order valence-corrected chi connectivity index (χ2v) is 4.95. The molecule has 1 aliphatic heterocycles. The van der Waals surface area contributed by atoms with Crippen LogP contribution in [0, 0.1) is 0 Å². The Morgan fingerprint density at radius 2 is 2.32 bits per heavy atom. The first-order valence-electron chi connectivity index (χ1n) is 6.57. The minimum atomic E-state index is 0.164. The van der Waals surface area contributed by atoms with Gasteiger partial charge in [0.1, 0.15) is 0 Å². The van der Waals surface area contributed by atoms with Gasteiger partial charge in [0, 0.05) is 25.4 Å². The van der Waals surface area contributed by atoms with Crippen molar-refractivity contribution in [2.75, 3.05) is 6.54 Å². The van der Waals surface area contributed by atoms with Crippen LogP contribution in [0.4, 0.5) is 0 Å². The summed E-state index contributed by atoms with van der Waals surface area (Å²) in [4.78, 5) is 12.4. The zero-order valence-corrected chi connectivity index (χ0v) is 11.0. The molecule has 0 unspecified atom stereocenters. The average Bonchev–Trinajstić information content (AvgIpc) is 2.83. The molecule has 1 aromatic carbocycles. The predicted molar refractivity (Wildman–Crippen MR) is 73.1 cm³/mol. The fourth-order valence-corrected chi connectivity index (χ4v) is 2.61. The lowest BCUT2D eigenvalue weighted by Crippen LogP contribution is -2.25. The molecule has 0 saturated carbocycles. The number of hydrogen-bond donors (Lipinski definition) is 1. The van der Waals surface area contributed by atoms with Gasteiger partial charge in [0.2, 0.25) is 0 Å². The van der Waals surface area contributed by atoms with Gasteiger partial charge in [-0.25, -0.2) is 0 Å². The standard InChI is InChI=1S/C15H17N3O/c1-18-8-6-12(17-18)9-15(19)14-4-2-3-11-10-16-7-5-13(11)14/h2-4,6,8,16H,5,7,9-10H2,1H3. The molecule has 0 aliphatic carbocycles. The maximum absolute atomic E-state index is 12.4. The van der Waals surface area contributed by atoms with E-state index in [1.54, 1.807) is 4.68 Å². The van der Waals surface area contributed by atoms with Gasteiger partial charge in [-0.15, -0.1) is 0 Å². The number of aryl methyl sites for hydroxylation is 1. The molecular formula is C15H17N3O. The van der Waals surface area contributed by atoms with Crippen molar-refractivity contribution < 1.29 is 4.79 Å². The van der Waals surface area contributed by atoms with E-state index in [4.69, 9.17) is 0 Å². The molecule has 1 aliphatic rings. The number of Topliss-reactive ketones (excluding diaryl/α,β-unsaturated/α-hetero) is 1. The van der Waals surface area contributed by atoms with Gasteiger partial charge in [-0.05, 0) is 30.2 Å². The Hall–Kier alpha value is -1.94. The summed E-state index contributed by atoms with van der Waals surface area (Å²) in [5, 5.41) is 7.60. The van der Waals surface area contributed by atoms with E-state index in [0.717, 1.165) is 30.8 Å². The Kier molecular flexibility index (Phi) is 3.17. The van der Waals surface area contributed by atoms with Crippen molar-refractivity contribution in [2.45, 2.75) is 19.4 Å². The highest BCUT2D eigenvalue weighted by atomic mass is 16.1. The van der Waals surface area contributed by atoms with Crippen molar-refractivity contribution >= 4 is 5.78 Å². The summed E-state index contributed by atoms with van der Waals surface area (Å²) >= 11 is 0. The van der Waals surface area contributed by atoms with Crippen LogP contribution in [0.2, 0.25) is 0 Å². The van der Waals surface area contributed by atoms with Gasteiger partial charge in [0.25, 0.3) is 0 Å². The molecule has 0 saturated heterocycles. The Bertz CT molecular complexity index is 616. The summed E-state index contributed by atoms with van der Waals surface area (Å²) < 4.78 is 1.73. The highest BCUT2D eigenvalue weighted by Crippen LogP contribution is 2.20. The van der Waals surface area contributed by atoms with E-state index in [1.807, 2.05) is 31.4 Å². The fourth-order valence-electron chi connectivity index (χ4n) is 2.61. The molecule has 0 amide bonds. The monoisotopic (exact) mass is 255 g/mol. The predicted octanol–water partition coefficient (Wildman–Crippen LogP) is 1.49. The Morgan fingerprint density at radius 1 is 1.42 bits per heavy atom. The first-order chi connectivity index (χ1) is 9.24. The van der Waals surface area contributed by atoms with E-state index in [-0.39, 0.29) is 5.78 Å². The van der Waals surface area contributed by atoms with Crippen molar-refractivity contribution in [2.24, 2.45) is 7.05 Å². The zero-order valence-electron chi connectivity index (χ0n) is 11.0. The number of fused-ring (bicyclic) bond motifs is 1. The van der Waals surface area contributed by atoms with Crippen LogP contribution in [0.15, 0.2) is 30.5 Å². The number of carbonyl (C=O) groups is 1. The zero-order chi connectivity index (χ0) is 13.2.